The number of amides is 2. The molecule has 0 N–H and O–H groups in total. The fraction of sp³-hybridized carbons (Fsp3) is 0.500. The number of ether oxygens (including phenoxy) is 1. The summed E-state index contributed by atoms with van der Waals surface area (Å²) in [6.45, 7) is 3.79. The fourth-order valence-corrected chi connectivity index (χ4v) is 2.73. The number of anilines is 1. The lowest BCUT2D eigenvalue weighted by Crippen LogP contribution is -2.44. The molecule has 1 aliphatic heterocycles. The van der Waals surface area contributed by atoms with Gasteiger partial charge >= 0.3 is 6.09 Å². The lowest BCUT2D eigenvalue weighted by atomic mass is 9.95. The quantitative estimate of drug-likeness (QED) is 0.859. The number of hydrogen-bond acceptors (Lipinski definition) is 3. The maximum atomic E-state index is 12.7. The minimum atomic E-state index is -0.309. The van der Waals surface area contributed by atoms with Crippen molar-refractivity contribution in [2.24, 2.45) is 5.92 Å². The number of rotatable bonds is 3. The molecule has 0 spiro atoms. The molecule has 1 heterocycles. The van der Waals surface area contributed by atoms with E-state index in [0.717, 1.165) is 5.69 Å². The zero-order chi connectivity index (χ0) is 15.2. The Morgan fingerprint density at radius 3 is 2.38 bits per heavy atom. The van der Waals surface area contributed by atoms with Gasteiger partial charge in [0.1, 0.15) is 0 Å². The third kappa shape index (κ3) is 3.54. The van der Waals surface area contributed by atoms with Gasteiger partial charge in [-0.15, -0.1) is 0 Å². The molecule has 1 aromatic carbocycles. The van der Waals surface area contributed by atoms with Crippen LogP contribution < -0.4 is 4.90 Å². The number of likely N-dealkylation sites (tertiary alicyclic amines) is 1. The van der Waals surface area contributed by atoms with Crippen LogP contribution >= 0.6 is 0 Å². The van der Waals surface area contributed by atoms with Crippen LogP contribution in [0.5, 0.6) is 0 Å². The first-order chi connectivity index (χ1) is 10.2. The van der Waals surface area contributed by atoms with E-state index in [1.165, 1.54) is 7.11 Å². The molecule has 0 unspecified atom stereocenters. The Bertz CT molecular complexity index is 482. The summed E-state index contributed by atoms with van der Waals surface area (Å²) in [5.74, 6) is 0.124. The molecule has 114 valence electrons. The molecule has 21 heavy (non-hydrogen) atoms. The summed E-state index contributed by atoms with van der Waals surface area (Å²) in [6, 6.07) is 9.71. The molecule has 1 aliphatic rings. The van der Waals surface area contributed by atoms with Gasteiger partial charge in [-0.05, 0) is 31.9 Å². The minimum absolute atomic E-state index is 0.0222. The van der Waals surface area contributed by atoms with E-state index in [9.17, 15) is 9.59 Å². The van der Waals surface area contributed by atoms with Crippen molar-refractivity contribution in [2.45, 2.75) is 19.8 Å². The lowest BCUT2D eigenvalue weighted by molar-refractivity contribution is -0.123. The molecule has 0 saturated carbocycles. The SMILES string of the molecule is CCN(C(=O)C1CCN(C(=O)OC)CC1)c1ccccc1. The van der Waals surface area contributed by atoms with Crippen LogP contribution in [0.25, 0.3) is 0 Å². The highest BCUT2D eigenvalue weighted by Crippen LogP contribution is 2.23. The van der Waals surface area contributed by atoms with Gasteiger partial charge in [-0.25, -0.2) is 4.79 Å². The van der Waals surface area contributed by atoms with E-state index in [-0.39, 0.29) is 17.9 Å². The van der Waals surface area contributed by atoms with Crippen molar-refractivity contribution in [1.29, 1.82) is 0 Å². The van der Waals surface area contributed by atoms with Crippen LogP contribution in [0.2, 0.25) is 0 Å². The van der Waals surface area contributed by atoms with E-state index in [2.05, 4.69) is 0 Å². The molecule has 0 aromatic heterocycles. The van der Waals surface area contributed by atoms with E-state index >= 15 is 0 Å². The third-order valence-corrected chi connectivity index (χ3v) is 3.93. The van der Waals surface area contributed by atoms with Crippen LogP contribution in [0.1, 0.15) is 19.8 Å². The highest BCUT2D eigenvalue weighted by molar-refractivity contribution is 5.95. The molecular weight excluding hydrogens is 268 g/mol. The van der Waals surface area contributed by atoms with Crippen LogP contribution in [-0.2, 0) is 9.53 Å². The predicted octanol–water partition coefficient (Wildman–Crippen LogP) is 2.52. The number of benzene rings is 1. The second-order valence-electron chi connectivity index (χ2n) is 5.15. The highest BCUT2D eigenvalue weighted by Gasteiger charge is 2.30. The molecule has 2 rings (SSSR count). The maximum absolute atomic E-state index is 12.7. The number of hydrogen-bond donors (Lipinski definition) is 0. The third-order valence-electron chi connectivity index (χ3n) is 3.93. The van der Waals surface area contributed by atoms with Crippen molar-refractivity contribution >= 4 is 17.7 Å². The summed E-state index contributed by atoms with van der Waals surface area (Å²) < 4.78 is 4.71. The lowest BCUT2D eigenvalue weighted by Gasteiger charge is -2.33. The van der Waals surface area contributed by atoms with Gasteiger partial charge in [0.2, 0.25) is 5.91 Å². The second-order valence-corrected chi connectivity index (χ2v) is 5.15. The van der Waals surface area contributed by atoms with Crippen LogP contribution in [0.4, 0.5) is 10.5 Å². The zero-order valence-corrected chi connectivity index (χ0v) is 12.6. The van der Waals surface area contributed by atoms with Gasteiger partial charge in [-0.1, -0.05) is 18.2 Å². The molecule has 0 radical (unpaired) electrons. The molecule has 1 saturated heterocycles. The topological polar surface area (TPSA) is 49.9 Å². The summed E-state index contributed by atoms with van der Waals surface area (Å²) in [4.78, 5) is 27.6. The molecule has 5 heteroatoms. The molecule has 2 amide bonds. The van der Waals surface area contributed by atoms with Gasteiger partial charge in [0.25, 0.3) is 0 Å². The van der Waals surface area contributed by atoms with Gasteiger partial charge in [-0.2, -0.15) is 0 Å². The Morgan fingerprint density at radius 1 is 1.24 bits per heavy atom. The Balaban J connectivity index is 1.99. The maximum Gasteiger partial charge on any atom is 0.409 e. The Morgan fingerprint density at radius 2 is 1.86 bits per heavy atom. The minimum Gasteiger partial charge on any atom is -0.453 e. The molecule has 1 fully saturated rings. The fourth-order valence-electron chi connectivity index (χ4n) is 2.73. The van der Waals surface area contributed by atoms with Crippen molar-refractivity contribution in [3.63, 3.8) is 0 Å². The largest absolute Gasteiger partial charge is 0.453 e. The Kier molecular flexibility index (Phi) is 5.20. The second kappa shape index (κ2) is 7.11. The molecular formula is C16H22N2O3. The summed E-state index contributed by atoms with van der Waals surface area (Å²) in [6.07, 6.45) is 1.07. The zero-order valence-electron chi connectivity index (χ0n) is 12.6. The Labute approximate surface area is 125 Å². The van der Waals surface area contributed by atoms with Gasteiger partial charge in [0.15, 0.2) is 0 Å². The number of para-hydroxylation sites is 1. The van der Waals surface area contributed by atoms with E-state index in [1.54, 1.807) is 4.90 Å². The average molecular weight is 290 g/mol. The number of carbonyl (C=O) groups excluding carboxylic acids is 2. The number of nitrogens with zero attached hydrogens (tertiary/aromatic N) is 2. The van der Waals surface area contributed by atoms with E-state index in [4.69, 9.17) is 4.74 Å². The van der Waals surface area contributed by atoms with Crippen molar-refractivity contribution in [3.05, 3.63) is 30.3 Å². The van der Waals surface area contributed by atoms with Gasteiger partial charge in [-0.3, -0.25) is 4.79 Å². The first-order valence-corrected chi connectivity index (χ1v) is 7.36. The Hall–Kier alpha value is -2.04. The summed E-state index contributed by atoms with van der Waals surface area (Å²) in [7, 11) is 1.38. The van der Waals surface area contributed by atoms with Crippen molar-refractivity contribution < 1.29 is 14.3 Å². The van der Waals surface area contributed by atoms with Crippen LogP contribution in [0.15, 0.2) is 30.3 Å². The van der Waals surface area contributed by atoms with Crippen molar-refractivity contribution in [2.75, 3.05) is 31.6 Å². The van der Waals surface area contributed by atoms with E-state index in [0.29, 0.717) is 32.5 Å². The molecule has 1 aromatic rings. The monoisotopic (exact) mass is 290 g/mol. The van der Waals surface area contributed by atoms with Gasteiger partial charge < -0.3 is 14.5 Å². The standard InChI is InChI=1S/C16H22N2O3/c1-3-18(14-7-5-4-6-8-14)15(19)13-9-11-17(12-10-13)16(20)21-2/h4-8,13H,3,9-12H2,1-2H3. The van der Waals surface area contributed by atoms with Gasteiger partial charge in [0.05, 0.1) is 7.11 Å². The van der Waals surface area contributed by atoms with E-state index < -0.39 is 0 Å². The first kappa shape index (κ1) is 15.4. The molecule has 0 aliphatic carbocycles. The number of piperidine rings is 1. The van der Waals surface area contributed by atoms with Crippen LogP contribution in [0.3, 0.4) is 0 Å². The van der Waals surface area contributed by atoms with Gasteiger partial charge in [0, 0.05) is 31.2 Å². The highest BCUT2D eigenvalue weighted by atomic mass is 16.5. The smallest absolute Gasteiger partial charge is 0.409 e. The van der Waals surface area contributed by atoms with E-state index in [1.807, 2.05) is 42.2 Å². The molecule has 0 atom stereocenters. The average Bonchev–Trinajstić information content (AvgIpc) is 2.56. The predicted molar refractivity (Wildman–Crippen MR) is 81.2 cm³/mol. The molecule has 0 bridgehead atoms. The number of carbonyl (C=O) groups is 2. The van der Waals surface area contributed by atoms with Crippen LogP contribution in [-0.4, -0.2) is 43.6 Å². The summed E-state index contributed by atoms with van der Waals surface area (Å²) >= 11 is 0. The van der Waals surface area contributed by atoms with Crippen molar-refractivity contribution in [3.8, 4) is 0 Å². The molecule has 5 nitrogen and oxygen atoms in total. The van der Waals surface area contributed by atoms with Crippen molar-refractivity contribution in [1.82, 2.24) is 4.90 Å². The number of methoxy groups -OCH3 is 1. The summed E-state index contributed by atoms with van der Waals surface area (Å²) in [5, 5.41) is 0. The summed E-state index contributed by atoms with van der Waals surface area (Å²) in [5.41, 5.74) is 0.931. The van der Waals surface area contributed by atoms with Crippen LogP contribution in [0, 0.1) is 5.92 Å². The normalized spacial score (nSPS) is 15.6. The first-order valence-electron chi connectivity index (χ1n) is 7.36.